The number of hydrogen-bond donors (Lipinski definition) is 1. The van der Waals surface area contributed by atoms with Gasteiger partial charge in [-0.15, -0.1) is 0 Å². The Morgan fingerprint density at radius 2 is 1.53 bits per heavy atom. The topological polar surface area (TPSA) is 68.7 Å². The summed E-state index contributed by atoms with van der Waals surface area (Å²) in [5, 5.41) is 3.23. The van der Waals surface area contributed by atoms with E-state index in [0.717, 1.165) is 47.9 Å². The van der Waals surface area contributed by atoms with Gasteiger partial charge in [-0.1, -0.05) is 12.1 Å². The summed E-state index contributed by atoms with van der Waals surface area (Å²) in [7, 11) is 1.66. The van der Waals surface area contributed by atoms with E-state index in [1.54, 1.807) is 7.11 Å². The molecule has 1 fully saturated rings. The minimum absolute atomic E-state index is 0.275. The molecule has 7 heteroatoms. The predicted molar refractivity (Wildman–Crippen MR) is 126 cm³/mol. The highest BCUT2D eigenvalue weighted by Crippen LogP contribution is 2.23. The summed E-state index contributed by atoms with van der Waals surface area (Å²) in [6.45, 7) is 7.69. The number of anilines is 2. The van der Waals surface area contributed by atoms with Crippen LogP contribution in [0.2, 0.25) is 0 Å². The molecule has 7 nitrogen and oxygen atoms in total. The number of hydrogen-bond acceptors (Lipinski definition) is 7. The lowest BCUT2D eigenvalue weighted by Gasteiger charge is -2.35. The van der Waals surface area contributed by atoms with Gasteiger partial charge in [0.15, 0.2) is 0 Å². The third-order valence-electron chi connectivity index (χ3n) is 5.36. The van der Waals surface area contributed by atoms with Gasteiger partial charge in [-0.3, -0.25) is 4.90 Å². The third-order valence-corrected chi connectivity index (χ3v) is 5.36. The smallest absolute Gasteiger partial charge is 0.227 e. The Bertz CT molecular complexity index is 968. The molecule has 0 aliphatic carbocycles. The lowest BCUT2D eigenvalue weighted by atomic mass is 10.1. The molecule has 2 heterocycles. The molecule has 2 atom stereocenters. The Hall–Kier alpha value is -3.16. The number of nitrogens with one attached hydrogen (secondary N) is 1. The van der Waals surface area contributed by atoms with E-state index in [1.165, 1.54) is 0 Å². The van der Waals surface area contributed by atoms with Crippen molar-refractivity contribution in [1.29, 1.82) is 0 Å². The number of methoxy groups -OCH3 is 1. The van der Waals surface area contributed by atoms with Crippen LogP contribution in [0.1, 0.15) is 13.8 Å². The second-order valence-electron chi connectivity index (χ2n) is 8.04. The Morgan fingerprint density at radius 1 is 0.906 bits per heavy atom. The van der Waals surface area contributed by atoms with Crippen LogP contribution in [0, 0.1) is 0 Å². The van der Waals surface area contributed by atoms with Crippen molar-refractivity contribution in [2.75, 3.05) is 38.7 Å². The molecule has 2 unspecified atom stereocenters. The van der Waals surface area contributed by atoms with Gasteiger partial charge in [0.05, 0.1) is 19.3 Å². The largest absolute Gasteiger partial charge is 0.497 e. The molecule has 1 saturated heterocycles. The Kier molecular flexibility index (Phi) is 7.19. The van der Waals surface area contributed by atoms with Crippen LogP contribution >= 0.6 is 0 Å². The number of aromatic nitrogens is 2. The van der Waals surface area contributed by atoms with Crippen molar-refractivity contribution >= 4 is 11.6 Å². The lowest BCUT2D eigenvalue weighted by Crippen LogP contribution is -2.46. The van der Waals surface area contributed by atoms with Gasteiger partial charge in [0.2, 0.25) is 5.95 Å². The lowest BCUT2D eigenvalue weighted by molar-refractivity contribution is -0.0699. The summed E-state index contributed by atoms with van der Waals surface area (Å²) in [5.41, 5.74) is 2.90. The van der Waals surface area contributed by atoms with Crippen LogP contribution in [0.15, 0.2) is 60.9 Å². The molecule has 1 N–H and O–H groups in total. The monoisotopic (exact) mass is 434 g/mol. The Labute approximate surface area is 189 Å². The summed E-state index contributed by atoms with van der Waals surface area (Å²) in [4.78, 5) is 11.2. The van der Waals surface area contributed by atoms with Crippen LogP contribution in [0.4, 0.5) is 11.6 Å². The number of rotatable bonds is 8. The molecule has 0 spiro atoms. The number of ether oxygens (including phenoxy) is 3. The second kappa shape index (κ2) is 10.4. The number of nitrogens with zero attached hydrogens (tertiary/aromatic N) is 3. The SMILES string of the molecule is COc1ccc(-c2cnc(Nc3ccc(OCCN4CC(C)OC(C)C4)cc3)nc2)cc1. The molecule has 2 aromatic carbocycles. The van der Waals surface area contributed by atoms with Gasteiger partial charge < -0.3 is 19.5 Å². The summed E-state index contributed by atoms with van der Waals surface area (Å²) >= 11 is 0. The van der Waals surface area contributed by atoms with Crippen LogP contribution in [-0.2, 0) is 4.74 Å². The molecular weight excluding hydrogens is 404 g/mol. The van der Waals surface area contributed by atoms with Crippen molar-refractivity contribution in [2.45, 2.75) is 26.1 Å². The van der Waals surface area contributed by atoms with Crippen molar-refractivity contribution in [3.8, 4) is 22.6 Å². The first kappa shape index (κ1) is 22.0. The highest BCUT2D eigenvalue weighted by Gasteiger charge is 2.21. The van der Waals surface area contributed by atoms with Crippen LogP contribution in [0.3, 0.4) is 0 Å². The molecule has 0 amide bonds. The molecular formula is C25H30N4O3. The second-order valence-corrected chi connectivity index (χ2v) is 8.04. The molecule has 0 saturated carbocycles. The minimum Gasteiger partial charge on any atom is -0.497 e. The van der Waals surface area contributed by atoms with Gasteiger partial charge in [0.25, 0.3) is 0 Å². The fraction of sp³-hybridized carbons (Fsp3) is 0.360. The summed E-state index contributed by atoms with van der Waals surface area (Å²) in [6.07, 6.45) is 4.16. The van der Waals surface area contributed by atoms with Crippen LogP contribution in [0.5, 0.6) is 11.5 Å². The van der Waals surface area contributed by atoms with E-state index >= 15 is 0 Å². The van der Waals surface area contributed by atoms with Crippen LogP contribution < -0.4 is 14.8 Å². The molecule has 32 heavy (non-hydrogen) atoms. The molecule has 1 aromatic heterocycles. The van der Waals surface area contributed by atoms with Gasteiger partial charge >= 0.3 is 0 Å². The van der Waals surface area contributed by atoms with E-state index in [9.17, 15) is 0 Å². The normalized spacial score (nSPS) is 18.8. The zero-order valence-corrected chi connectivity index (χ0v) is 18.8. The summed E-state index contributed by atoms with van der Waals surface area (Å²) in [6, 6.07) is 15.7. The van der Waals surface area contributed by atoms with Gasteiger partial charge in [-0.05, 0) is 55.8 Å². The van der Waals surface area contributed by atoms with E-state index in [-0.39, 0.29) is 12.2 Å². The fourth-order valence-electron chi connectivity index (χ4n) is 3.85. The molecule has 0 bridgehead atoms. The highest BCUT2D eigenvalue weighted by molar-refractivity contribution is 5.63. The van der Waals surface area contributed by atoms with Gasteiger partial charge in [0.1, 0.15) is 18.1 Å². The van der Waals surface area contributed by atoms with Crippen LogP contribution in [-0.4, -0.2) is 60.4 Å². The fourth-order valence-corrected chi connectivity index (χ4v) is 3.85. The molecule has 0 radical (unpaired) electrons. The highest BCUT2D eigenvalue weighted by atomic mass is 16.5. The van der Waals surface area contributed by atoms with Crippen LogP contribution in [0.25, 0.3) is 11.1 Å². The van der Waals surface area contributed by atoms with Crippen molar-refractivity contribution in [2.24, 2.45) is 0 Å². The van der Waals surface area contributed by atoms with Crippen molar-refractivity contribution in [3.63, 3.8) is 0 Å². The molecule has 168 valence electrons. The molecule has 1 aliphatic heterocycles. The van der Waals surface area contributed by atoms with E-state index in [1.807, 2.05) is 60.9 Å². The molecule has 4 rings (SSSR count). The standard InChI is InChI=1S/C25H30N4O3/c1-18-16-29(17-19(2)32-18)12-13-31-24-10-6-22(7-11-24)28-25-26-14-21(15-27-25)20-4-8-23(30-3)9-5-20/h4-11,14-15,18-19H,12-13,16-17H2,1-3H3,(H,26,27,28). The summed E-state index contributed by atoms with van der Waals surface area (Å²) in [5.74, 6) is 2.22. The molecule has 1 aliphatic rings. The average Bonchev–Trinajstić information content (AvgIpc) is 2.80. The van der Waals surface area contributed by atoms with Crippen molar-refractivity contribution in [3.05, 3.63) is 60.9 Å². The summed E-state index contributed by atoms with van der Waals surface area (Å²) < 4.78 is 16.9. The van der Waals surface area contributed by atoms with E-state index in [4.69, 9.17) is 14.2 Å². The third kappa shape index (κ3) is 5.96. The quantitative estimate of drug-likeness (QED) is 0.564. The van der Waals surface area contributed by atoms with Crippen molar-refractivity contribution in [1.82, 2.24) is 14.9 Å². The number of benzene rings is 2. The average molecular weight is 435 g/mol. The minimum atomic E-state index is 0.275. The zero-order valence-electron chi connectivity index (χ0n) is 18.8. The maximum atomic E-state index is 5.92. The van der Waals surface area contributed by atoms with Gasteiger partial charge in [-0.2, -0.15) is 0 Å². The van der Waals surface area contributed by atoms with Gasteiger partial charge in [-0.25, -0.2) is 9.97 Å². The first-order valence-electron chi connectivity index (χ1n) is 10.9. The van der Waals surface area contributed by atoms with E-state index in [0.29, 0.717) is 12.6 Å². The van der Waals surface area contributed by atoms with Crippen molar-refractivity contribution < 1.29 is 14.2 Å². The van der Waals surface area contributed by atoms with Gasteiger partial charge in [0, 0.05) is 43.3 Å². The maximum absolute atomic E-state index is 5.92. The van der Waals surface area contributed by atoms with E-state index < -0.39 is 0 Å². The first-order valence-corrected chi connectivity index (χ1v) is 10.9. The Morgan fingerprint density at radius 3 is 2.16 bits per heavy atom. The predicted octanol–water partition coefficient (Wildman–Crippen LogP) is 4.38. The Balaban J connectivity index is 1.27. The molecule has 3 aromatic rings. The van der Waals surface area contributed by atoms with E-state index in [2.05, 4.69) is 34.0 Å². The number of morpholine rings is 1. The zero-order chi connectivity index (χ0) is 22.3. The first-order chi connectivity index (χ1) is 15.6. The maximum Gasteiger partial charge on any atom is 0.227 e.